The molecule has 0 aromatic heterocycles. The second-order valence-corrected chi connectivity index (χ2v) is 3.79. The number of esters is 1. The van der Waals surface area contributed by atoms with Gasteiger partial charge in [0.2, 0.25) is 0 Å². The predicted molar refractivity (Wildman–Crippen MR) is 54.3 cm³/mol. The molecule has 0 atom stereocenters. The Morgan fingerprint density at radius 2 is 2.21 bits per heavy atom. The third-order valence-corrected chi connectivity index (χ3v) is 2.70. The summed E-state index contributed by atoms with van der Waals surface area (Å²) in [7, 11) is 0. The van der Waals surface area contributed by atoms with Gasteiger partial charge in [-0.2, -0.15) is 0 Å². The molecule has 1 aromatic rings. The van der Waals surface area contributed by atoms with Crippen molar-refractivity contribution in [3.05, 3.63) is 29.8 Å². The summed E-state index contributed by atoms with van der Waals surface area (Å²) in [6.45, 7) is 1.43. The first kappa shape index (κ1) is 9.25. The number of rotatable bonds is 2. The molecule has 1 aromatic carbocycles. The minimum absolute atomic E-state index is 0.254. The smallest absolute Gasteiger partial charge is 0.308 e. The Balaban J connectivity index is 2.13. The number of hydrogen-bond acceptors (Lipinski definition) is 2. The lowest BCUT2D eigenvalue weighted by molar-refractivity contribution is -0.131. The van der Waals surface area contributed by atoms with E-state index >= 15 is 0 Å². The van der Waals surface area contributed by atoms with Crippen molar-refractivity contribution < 1.29 is 9.53 Å². The van der Waals surface area contributed by atoms with Crippen LogP contribution in [0.4, 0.5) is 0 Å². The Morgan fingerprint density at radius 3 is 2.79 bits per heavy atom. The number of benzene rings is 1. The molecule has 1 saturated carbocycles. The summed E-state index contributed by atoms with van der Waals surface area (Å²) in [5.41, 5.74) is 1.30. The summed E-state index contributed by atoms with van der Waals surface area (Å²) in [6.07, 6.45) is 3.86. The van der Waals surface area contributed by atoms with Gasteiger partial charge >= 0.3 is 5.97 Å². The van der Waals surface area contributed by atoms with Crippen LogP contribution in [0.1, 0.15) is 37.7 Å². The van der Waals surface area contributed by atoms with Gasteiger partial charge in [0.05, 0.1) is 0 Å². The SMILES string of the molecule is CC(=O)Oc1cccc(C2CCC2)c1. The summed E-state index contributed by atoms with van der Waals surface area (Å²) in [5.74, 6) is 1.10. The molecule has 0 heterocycles. The first-order valence-corrected chi connectivity index (χ1v) is 5.04. The van der Waals surface area contributed by atoms with E-state index in [1.165, 1.54) is 31.7 Å². The third kappa shape index (κ3) is 1.95. The third-order valence-electron chi connectivity index (χ3n) is 2.70. The van der Waals surface area contributed by atoms with Gasteiger partial charge in [0.15, 0.2) is 0 Å². The molecule has 1 fully saturated rings. The van der Waals surface area contributed by atoms with E-state index in [0.29, 0.717) is 11.7 Å². The van der Waals surface area contributed by atoms with Crippen LogP contribution in [-0.2, 0) is 4.79 Å². The van der Waals surface area contributed by atoms with E-state index in [1.807, 2.05) is 18.2 Å². The maximum absolute atomic E-state index is 10.8. The van der Waals surface area contributed by atoms with Gasteiger partial charge in [0.25, 0.3) is 0 Å². The molecule has 14 heavy (non-hydrogen) atoms. The second kappa shape index (κ2) is 3.82. The van der Waals surface area contributed by atoms with Crippen LogP contribution >= 0.6 is 0 Å². The molecule has 0 bridgehead atoms. The van der Waals surface area contributed by atoms with Gasteiger partial charge < -0.3 is 4.74 Å². The lowest BCUT2D eigenvalue weighted by Crippen LogP contribution is -2.09. The highest BCUT2D eigenvalue weighted by Crippen LogP contribution is 2.37. The van der Waals surface area contributed by atoms with E-state index < -0.39 is 0 Å². The first-order valence-electron chi connectivity index (χ1n) is 5.04. The quantitative estimate of drug-likeness (QED) is 0.529. The first-order chi connectivity index (χ1) is 6.75. The zero-order chi connectivity index (χ0) is 9.97. The van der Waals surface area contributed by atoms with Gasteiger partial charge in [0.1, 0.15) is 5.75 Å². The van der Waals surface area contributed by atoms with Crippen LogP contribution in [0.3, 0.4) is 0 Å². The summed E-state index contributed by atoms with van der Waals surface area (Å²) in [5, 5.41) is 0. The minimum Gasteiger partial charge on any atom is -0.427 e. The normalized spacial score (nSPS) is 16.1. The highest BCUT2D eigenvalue weighted by Gasteiger charge is 2.19. The van der Waals surface area contributed by atoms with Crippen molar-refractivity contribution in [1.82, 2.24) is 0 Å². The van der Waals surface area contributed by atoms with Crippen molar-refractivity contribution in [2.24, 2.45) is 0 Å². The lowest BCUT2D eigenvalue weighted by Gasteiger charge is -2.25. The van der Waals surface area contributed by atoms with Gasteiger partial charge in [0, 0.05) is 6.92 Å². The molecule has 2 nitrogen and oxygen atoms in total. The highest BCUT2D eigenvalue weighted by molar-refractivity contribution is 5.69. The number of carbonyl (C=O) groups excluding carboxylic acids is 1. The van der Waals surface area contributed by atoms with Crippen molar-refractivity contribution >= 4 is 5.97 Å². The molecule has 0 amide bonds. The van der Waals surface area contributed by atoms with Crippen LogP contribution < -0.4 is 4.74 Å². The molecule has 74 valence electrons. The van der Waals surface area contributed by atoms with Crippen molar-refractivity contribution in [3.8, 4) is 5.75 Å². The van der Waals surface area contributed by atoms with E-state index in [4.69, 9.17) is 4.74 Å². The summed E-state index contributed by atoms with van der Waals surface area (Å²) in [4.78, 5) is 10.8. The average molecular weight is 190 g/mol. The fourth-order valence-electron chi connectivity index (χ4n) is 1.74. The van der Waals surface area contributed by atoms with Crippen LogP contribution in [0.15, 0.2) is 24.3 Å². The maximum Gasteiger partial charge on any atom is 0.308 e. The van der Waals surface area contributed by atoms with Gasteiger partial charge in [-0.25, -0.2) is 0 Å². The molecule has 0 spiro atoms. The van der Waals surface area contributed by atoms with Crippen LogP contribution in [0.25, 0.3) is 0 Å². The molecule has 1 aliphatic rings. The minimum atomic E-state index is -0.254. The van der Waals surface area contributed by atoms with Crippen LogP contribution in [0.5, 0.6) is 5.75 Å². The van der Waals surface area contributed by atoms with E-state index in [9.17, 15) is 4.79 Å². The molecule has 0 saturated heterocycles. The average Bonchev–Trinajstić information content (AvgIpc) is 1.99. The van der Waals surface area contributed by atoms with Crippen LogP contribution in [0, 0.1) is 0 Å². The molecule has 2 rings (SSSR count). The Hall–Kier alpha value is -1.31. The predicted octanol–water partition coefficient (Wildman–Crippen LogP) is 2.88. The van der Waals surface area contributed by atoms with Crippen molar-refractivity contribution in [3.63, 3.8) is 0 Å². The molecule has 1 aliphatic carbocycles. The summed E-state index contributed by atoms with van der Waals surface area (Å²) >= 11 is 0. The Morgan fingerprint density at radius 1 is 1.43 bits per heavy atom. The fraction of sp³-hybridized carbons (Fsp3) is 0.417. The largest absolute Gasteiger partial charge is 0.427 e. The van der Waals surface area contributed by atoms with E-state index in [0.717, 1.165) is 0 Å². The number of carbonyl (C=O) groups is 1. The van der Waals surface area contributed by atoms with Gasteiger partial charge in [-0.15, -0.1) is 0 Å². The lowest BCUT2D eigenvalue weighted by atomic mass is 9.80. The van der Waals surface area contributed by atoms with E-state index in [1.54, 1.807) is 0 Å². The van der Waals surface area contributed by atoms with Crippen molar-refractivity contribution in [2.75, 3.05) is 0 Å². The van der Waals surface area contributed by atoms with Crippen molar-refractivity contribution in [2.45, 2.75) is 32.1 Å². The van der Waals surface area contributed by atoms with Crippen molar-refractivity contribution in [1.29, 1.82) is 0 Å². The number of hydrogen-bond donors (Lipinski definition) is 0. The molecular weight excluding hydrogens is 176 g/mol. The highest BCUT2D eigenvalue weighted by atomic mass is 16.5. The Bertz CT molecular complexity index is 340. The Kier molecular flexibility index (Phi) is 2.53. The number of ether oxygens (including phenoxy) is 1. The Labute approximate surface area is 83.9 Å². The fourth-order valence-corrected chi connectivity index (χ4v) is 1.74. The second-order valence-electron chi connectivity index (χ2n) is 3.79. The molecule has 0 unspecified atom stereocenters. The topological polar surface area (TPSA) is 26.3 Å². The summed E-state index contributed by atoms with van der Waals surface area (Å²) in [6, 6.07) is 7.86. The van der Waals surface area contributed by atoms with Gasteiger partial charge in [-0.05, 0) is 36.5 Å². The zero-order valence-corrected chi connectivity index (χ0v) is 8.32. The van der Waals surface area contributed by atoms with E-state index in [2.05, 4.69) is 6.07 Å². The molecular formula is C12H14O2. The zero-order valence-electron chi connectivity index (χ0n) is 8.32. The molecule has 0 aliphatic heterocycles. The molecule has 0 radical (unpaired) electrons. The van der Waals surface area contributed by atoms with Gasteiger partial charge in [-0.3, -0.25) is 4.79 Å². The standard InChI is InChI=1S/C12H14O2/c1-9(13)14-12-7-3-6-11(8-12)10-4-2-5-10/h3,6-8,10H,2,4-5H2,1H3. The molecule has 0 N–H and O–H groups in total. The summed E-state index contributed by atoms with van der Waals surface area (Å²) < 4.78 is 5.03. The van der Waals surface area contributed by atoms with Crippen LogP contribution in [-0.4, -0.2) is 5.97 Å². The monoisotopic (exact) mass is 190 g/mol. The van der Waals surface area contributed by atoms with E-state index in [-0.39, 0.29) is 5.97 Å². The van der Waals surface area contributed by atoms with Gasteiger partial charge in [-0.1, -0.05) is 18.6 Å². The maximum atomic E-state index is 10.8. The molecule has 2 heteroatoms. The van der Waals surface area contributed by atoms with Crippen LogP contribution in [0.2, 0.25) is 0 Å².